The summed E-state index contributed by atoms with van der Waals surface area (Å²) in [5.74, 6) is 0.442. The van der Waals surface area contributed by atoms with Crippen LogP contribution in [0.25, 0.3) is 0 Å². The van der Waals surface area contributed by atoms with Crippen LogP contribution < -0.4 is 0 Å². The largest absolute Gasteiger partial charge is 0.300 e. The lowest BCUT2D eigenvalue weighted by Gasteiger charge is -2.36. The van der Waals surface area contributed by atoms with Gasteiger partial charge in [-0.1, -0.05) is 0 Å². The molecule has 1 fully saturated rings. The molecule has 1 saturated heterocycles. The van der Waals surface area contributed by atoms with E-state index in [2.05, 4.69) is 16.3 Å². The highest BCUT2D eigenvalue weighted by Gasteiger charge is 2.28. The number of hydrogen-bond acceptors (Lipinski definition) is 3. The molecule has 2 heterocycles. The average molecular weight is 235 g/mol. The predicted molar refractivity (Wildman–Crippen MR) is 65.8 cm³/mol. The van der Waals surface area contributed by atoms with Crippen LogP contribution in [0.3, 0.4) is 0 Å². The van der Waals surface area contributed by atoms with Gasteiger partial charge in [-0.3, -0.25) is 9.69 Å². The van der Waals surface area contributed by atoms with E-state index in [9.17, 15) is 4.79 Å². The second kappa shape index (κ2) is 4.30. The van der Waals surface area contributed by atoms with Gasteiger partial charge in [0.2, 0.25) is 0 Å². The van der Waals surface area contributed by atoms with E-state index in [4.69, 9.17) is 0 Å². The van der Waals surface area contributed by atoms with Crippen LogP contribution in [-0.4, -0.2) is 23.8 Å². The summed E-state index contributed by atoms with van der Waals surface area (Å²) in [7, 11) is 0. The van der Waals surface area contributed by atoms with Crippen molar-refractivity contribution in [2.75, 3.05) is 13.1 Å². The highest BCUT2D eigenvalue weighted by molar-refractivity contribution is 7.10. The van der Waals surface area contributed by atoms with Crippen LogP contribution in [0.4, 0.5) is 0 Å². The number of carbonyl (C=O) groups is 1. The maximum atomic E-state index is 11.3. The van der Waals surface area contributed by atoms with Gasteiger partial charge in [-0.05, 0) is 36.3 Å². The van der Waals surface area contributed by atoms with E-state index in [0.29, 0.717) is 11.8 Å². The molecule has 1 unspecified atom stereocenters. The number of ketones is 1. The second-order valence-corrected chi connectivity index (χ2v) is 5.78. The van der Waals surface area contributed by atoms with Crippen molar-refractivity contribution in [3.8, 4) is 0 Å². The summed E-state index contributed by atoms with van der Waals surface area (Å²) in [4.78, 5) is 15.4. The van der Waals surface area contributed by atoms with Gasteiger partial charge in [0.15, 0.2) is 0 Å². The first kappa shape index (κ1) is 10.5. The van der Waals surface area contributed by atoms with Crippen molar-refractivity contribution >= 4 is 17.1 Å². The Bertz CT molecular complexity index is 388. The van der Waals surface area contributed by atoms with E-state index in [-0.39, 0.29) is 0 Å². The van der Waals surface area contributed by atoms with Crippen molar-refractivity contribution in [1.29, 1.82) is 0 Å². The molecule has 2 nitrogen and oxygen atoms in total. The number of thiophene rings is 1. The smallest absolute Gasteiger partial charge is 0.135 e. The lowest BCUT2D eigenvalue weighted by molar-refractivity contribution is -0.122. The first-order valence-electron chi connectivity index (χ1n) is 6.16. The molecule has 1 aromatic heterocycles. The third-order valence-electron chi connectivity index (χ3n) is 3.82. The first-order chi connectivity index (χ1) is 7.84. The van der Waals surface area contributed by atoms with Crippen LogP contribution in [0.2, 0.25) is 0 Å². The summed E-state index contributed by atoms with van der Waals surface area (Å²) in [5.41, 5.74) is 1.55. The molecule has 1 atom stereocenters. The number of piperidine rings is 1. The number of likely N-dealkylation sites (tertiary alicyclic amines) is 1. The Balaban J connectivity index is 1.79. The van der Waals surface area contributed by atoms with Gasteiger partial charge in [0.05, 0.1) is 0 Å². The van der Waals surface area contributed by atoms with Crippen molar-refractivity contribution in [2.24, 2.45) is 0 Å². The van der Waals surface area contributed by atoms with Crippen LogP contribution in [-0.2, 0) is 11.2 Å². The molecule has 3 rings (SSSR count). The van der Waals surface area contributed by atoms with Gasteiger partial charge in [-0.25, -0.2) is 0 Å². The molecule has 1 aromatic rings. The van der Waals surface area contributed by atoms with Crippen molar-refractivity contribution in [3.05, 3.63) is 21.9 Å². The molecule has 1 aliphatic carbocycles. The van der Waals surface area contributed by atoms with Crippen molar-refractivity contribution in [3.63, 3.8) is 0 Å². The number of rotatable bonds is 1. The van der Waals surface area contributed by atoms with E-state index in [1.807, 2.05) is 11.3 Å². The number of Topliss-reactive ketones (excluding diaryl/α,β-unsaturated/α-hetero) is 1. The Morgan fingerprint density at radius 1 is 1.25 bits per heavy atom. The minimum absolute atomic E-state index is 0.442. The zero-order chi connectivity index (χ0) is 11.0. The lowest BCUT2D eigenvalue weighted by Crippen LogP contribution is -2.37. The van der Waals surface area contributed by atoms with Gasteiger partial charge < -0.3 is 0 Å². The Hall–Kier alpha value is -0.670. The summed E-state index contributed by atoms with van der Waals surface area (Å²) < 4.78 is 0. The highest BCUT2D eigenvalue weighted by Crippen LogP contribution is 2.37. The number of hydrogen-bond donors (Lipinski definition) is 0. The number of fused-ring (bicyclic) bond motifs is 1. The number of aryl methyl sites for hydroxylation is 1. The molecule has 0 radical (unpaired) electrons. The first-order valence-corrected chi connectivity index (χ1v) is 7.04. The fourth-order valence-electron chi connectivity index (χ4n) is 2.93. The van der Waals surface area contributed by atoms with E-state index < -0.39 is 0 Å². The number of nitrogens with zero attached hydrogens (tertiary/aromatic N) is 1. The molecule has 0 N–H and O–H groups in total. The molecule has 1 aliphatic heterocycles. The van der Waals surface area contributed by atoms with Crippen LogP contribution >= 0.6 is 11.3 Å². The van der Waals surface area contributed by atoms with Gasteiger partial charge in [0, 0.05) is 36.9 Å². The zero-order valence-electron chi connectivity index (χ0n) is 9.45. The predicted octanol–water partition coefficient (Wildman–Crippen LogP) is 2.79. The Labute approximate surface area is 100 Å². The Morgan fingerprint density at radius 2 is 2.06 bits per heavy atom. The summed E-state index contributed by atoms with van der Waals surface area (Å²) in [6.07, 6.45) is 5.36. The Kier molecular flexibility index (Phi) is 2.82. The van der Waals surface area contributed by atoms with Gasteiger partial charge in [-0.2, -0.15) is 0 Å². The van der Waals surface area contributed by atoms with Crippen molar-refractivity contribution < 1.29 is 4.79 Å². The number of carbonyl (C=O) groups excluding carboxylic acids is 1. The van der Waals surface area contributed by atoms with Gasteiger partial charge in [-0.15, -0.1) is 11.3 Å². The van der Waals surface area contributed by atoms with Crippen LogP contribution in [0.5, 0.6) is 0 Å². The summed E-state index contributed by atoms with van der Waals surface area (Å²) in [5, 5.41) is 2.22. The molecule has 16 heavy (non-hydrogen) atoms. The van der Waals surface area contributed by atoms with Gasteiger partial charge in [0.1, 0.15) is 5.78 Å². The minimum atomic E-state index is 0.442. The molecular weight excluding hydrogens is 218 g/mol. The van der Waals surface area contributed by atoms with Gasteiger partial charge >= 0.3 is 0 Å². The topological polar surface area (TPSA) is 20.3 Å². The van der Waals surface area contributed by atoms with Crippen LogP contribution in [0.1, 0.15) is 42.2 Å². The fraction of sp³-hybridized carbons (Fsp3) is 0.615. The monoisotopic (exact) mass is 235 g/mol. The lowest BCUT2D eigenvalue weighted by atomic mass is 9.91. The molecule has 0 spiro atoms. The summed E-state index contributed by atoms with van der Waals surface area (Å²) >= 11 is 1.90. The van der Waals surface area contributed by atoms with Crippen molar-refractivity contribution in [2.45, 2.75) is 38.1 Å². The van der Waals surface area contributed by atoms with Crippen molar-refractivity contribution in [1.82, 2.24) is 4.90 Å². The van der Waals surface area contributed by atoms with E-state index >= 15 is 0 Å². The SMILES string of the molecule is O=C1CCN(C2CCCc3sccc32)CC1. The highest BCUT2D eigenvalue weighted by atomic mass is 32.1. The quantitative estimate of drug-likeness (QED) is 0.746. The molecule has 0 aromatic carbocycles. The minimum Gasteiger partial charge on any atom is -0.300 e. The van der Waals surface area contributed by atoms with E-state index in [1.165, 1.54) is 19.3 Å². The average Bonchev–Trinajstić information content (AvgIpc) is 2.78. The standard InChI is InChI=1S/C13H17NOS/c15-10-4-7-14(8-5-10)12-2-1-3-13-11(12)6-9-16-13/h6,9,12H,1-5,7-8H2. The van der Waals surface area contributed by atoms with Gasteiger partial charge in [0.25, 0.3) is 0 Å². The van der Waals surface area contributed by atoms with Crippen LogP contribution in [0.15, 0.2) is 11.4 Å². The summed E-state index contributed by atoms with van der Waals surface area (Å²) in [6, 6.07) is 2.89. The maximum absolute atomic E-state index is 11.3. The molecule has 0 saturated carbocycles. The molecule has 2 aliphatic rings. The fourth-order valence-corrected chi connectivity index (χ4v) is 3.91. The second-order valence-electron chi connectivity index (χ2n) is 4.78. The van der Waals surface area contributed by atoms with Crippen LogP contribution in [0, 0.1) is 0 Å². The maximum Gasteiger partial charge on any atom is 0.135 e. The third kappa shape index (κ3) is 1.82. The molecule has 0 bridgehead atoms. The molecule has 86 valence electrons. The van der Waals surface area contributed by atoms with E-state index in [0.717, 1.165) is 25.9 Å². The normalized spacial score (nSPS) is 26.8. The third-order valence-corrected chi connectivity index (χ3v) is 4.81. The molecule has 0 amide bonds. The zero-order valence-corrected chi connectivity index (χ0v) is 10.3. The molecule has 3 heteroatoms. The van der Waals surface area contributed by atoms with E-state index in [1.54, 1.807) is 10.4 Å². The summed E-state index contributed by atoms with van der Waals surface area (Å²) in [6.45, 7) is 1.94. The Morgan fingerprint density at radius 3 is 2.88 bits per heavy atom. The molecular formula is C13H17NOS.